The monoisotopic (exact) mass is 185 g/mol. The number of allylic oxidation sites excluding steroid dienone is 1. The molecule has 0 N–H and O–H groups in total. The SMILES string of the molecule is [CH2]CC=CC(OC)C(C)OC(C)C. The van der Waals surface area contributed by atoms with Crippen molar-refractivity contribution in [3.05, 3.63) is 19.1 Å². The third-order valence-corrected chi connectivity index (χ3v) is 1.71. The van der Waals surface area contributed by atoms with Crippen LogP contribution in [0.15, 0.2) is 12.2 Å². The molecular formula is C11H21O2. The summed E-state index contributed by atoms with van der Waals surface area (Å²) in [6, 6.07) is 0. The first-order valence-electron chi connectivity index (χ1n) is 4.76. The lowest BCUT2D eigenvalue weighted by Crippen LogP contribution is -2.28. The fraction of sp³-hybridized carbons (Fsp3) is 0.727. The van der Waals surface area contributed by atoms with Gasteiger partial charge in [-0.05, 0) is 34.1 Å². The highest BCUT2D eigenvalue weighted by Crippen LogP contribution is 2.07. The van der Waals surface area contributed by atoms with Crippen LogP contribution in [0, 0.1) is 6.92 Å². The zero-order valence-corrected chi connectivity index (χ0v) is 9.12. The van der Waals surface area contributed by atoms with E-state index in [0.29, 0.717) is 0 Å². The van der Waals surface area contributed by atoms with Crippen molar-refractivity contribution in [1.82, 2.24) is 0 Å². The number of rotatable bonds is 6. The molecule has 0 heterocycles. The summed E-state index contributed by atoms with van der Waals surface area (Å²) >= 11 is 0. The third-order valence-electron chi connectivity index (χ3n) is 1.71. The Bertz CT molecular complexity index is 141. The molecule has 0 saturated heterocycles. The van der Waals surface area contributed by atoms with Crippen LogP contribution in [-0.4, -0.2) is 25.4 Å². The predicted octanol–water partition coefficient (Wildman–Crippen LogP) is 2.60. The quantitative estimate of drug-likeness (QED) is 0.592. The molecule has 77 valence electrons. The molecule has 0 aromatic carbocycles. The standard InChI is InChI=1S/C11H21O2/c1-6-7-8-11(12-5)10(4)13-9(2)3/h7-11H,1,6H2,2-5H3. The molecule has 0 aromatic rings. The van der Waals surface area contributed by atoms with Crippen LogP contribution in [0.1, 0.15) is 27.2 Å². The lowest BCUT2D eigenvalue weighted by Gasteiger charge is -2.22. The van der Waals surface area contributed by atoms with Crippen molar-refractivity contribution in [3.8, 4) is 0 Å². The Hall–Kier alpha value is -0.340. The van der Waals surface area contributed by atoms with Gasteiger partial charge in [0.1, 0.15) is 6.10 Å². The Labute approximate surface area is 81.9 Å². The van der Waals surface area contributed by atoms with Crippen molar-refractivity contribution in [1.29, 1.82) is 0 Å². The second kappa shape index (κ2) is 7.10. The van der Waals surface area contributed by atoms with Crippen LogP contribution in [-0.2, 0) is 9.47 Å². The maximum absolute atomic E-state index is 5.60. The highest BCUT2D eigenvalue weighted by molar-refractivity contribution is 4.93. The van der Waals surface area contributed by atoms with Crippen molar-refractivity contribution in [3.63, 3.8) is 0 Å². The van der Waals surface area contributed by atoms with Crippen molar-refractivity contribution in [2.45, 2.75) is 45.5 Å². The summed E-state index contributed by atoms with van der Waals surface area (Å²) in [6.07, 6.45) is 5.14. The normalized spacial score (nSPS) is 16.8. The van der Waals surface area contributed by atoms with E-state index in [0.717, 1.165) is 6.42 Å². The Morgan fingerprint density at radius 3 is 2.31 bits per heavy atom. The molecule has 0 aliphatic rings. The fourth-order valence-electron chi connectivity index (χ4n) is 1.16. The molecule has 2 nitrogen and oxygen atoms in total. The van der Waals surface area contributed by atoms with Gasteiger partial charge in [-0.25, -0.2) is 0 Å². The molecule has 0 aromatic heterocycles. The third kappa shape index (κ3) is 5.83. The van der Waals surface area contributed by atoms with E-state index in [2.05, 4.69) is 6.92 Å². The van der Waals surface area contributed by atoms with Gasteiger partial charge in [0.25, 0.3) is 0 Å². The Balaban J connectivity index is 3.98. The van der Waals surface area contributed by atoms with Crippen molar-refractivity contribution in [2.24, 2.45) is 0 Å². The Kier molecular flexibility index (Phi) is 6.92. The molecule has 2 atom stereocenters. The van der Waals surface area contributed by atoms with Gasteiger partial charge < -0.3 is 9.47 Å². The van der Waals surface area contributed by atoms with Gasteiger partial charge in [-0.3, -0.25) is 0 Å². The molecule has 1 radical (unpaired) electrons. The minimum atomic E-state index is 0.0316. The minimum Gasteiger partial charge on any atom is -0.375 e. The zero-order valence-electron chi connectivity index (χ0n) is 9.12. The van der Waals surface area contributed by atoms with E-state index in [4.69, 9.17) is 9.47 Å². The van der Waals surface area contributed by atoms with E-state index in [9.17, 15) is 0 Å². The van der Waals surface area contributed by atoms with Gasteiger partial charge in [-0.1, -0.05) is 12.2 Å². The van der Waals surface area contributed by atoms with Crippen molar-refractivity contribution < 1.29 is 9.47 Å². The zero-order chi connectivity index (χ0) is 10.3. The maximum Gasteiger partial charge on any atom is 0.101 e. The molecule has 0 spiro atoms. The van der Waals surface area contributed by atoms with Gasteiger partial charge in [0.2, 0.25) is 0 Å². The summed E-state index contributed by atoms with van der Waals surface area (Å²) in [5.41, 5.74) is 0. The van der Waals surface area contributed by atoms with E-state index in [1.54, 1.807) is 7.11 Å². The smallest absolute Gasteiger partial charge is 0.101 e. The average Bonchev–Trinajstić information content (AvgIpc) is 2.04. The van der Waals surface area contributed by atoms with Gasteiger partial charge in [0.15, 0.2) is 0 Å². The van der Waals surface area contributed by atoms with E-state index in [-0.39, 0.29) is 18.3 Å². The molecule has 0 aliphatic carbocycles. The largest absolute Gasteiger partial charge is 0.375 e. The second-order valence-corrected chi connectivity index (χ2v) is 3.31. The molecule has 0 rings (SSSR count). The minimum absolute atomic E-state index is 0.0316. The molecule has 2 heteroatoms. The number of ether oxygens (including phenoxy) is 2. The van der Waals surface area contributed by atoms with Crippen molar-refractivity contribution >= 4 is 0 Å². The maximum atomic E-state index is 5.60. The predicted molar refractivity (Wildman–Crippen MR) is 55.6 cm³/mol. The summed E-state index contributed by atoms with van der Waals surface area (Å²) in [5.74, 6) is 0. The van der Waals surface area contributed by atoms with E-state index in [1.165, 1.54) is 0 Å². The summed E-state index contributed by atoms with van der Waals surface area (Å²) in [7, 11) is 1.69. The van der Waals surface area contributed by atoms with Gasteiger partial charge in [-0.15, -0.1) is 0 Å². The molecule has 2 unspecified atom stereocenters. The molecule has 0 saturated carbocycles. The van der Waals surface area contributed by atoms with Crippen LogP contribution >= 0.6 is 0 Å². The van der Waals surface area contributed by atoms with Gasteiger partial charge >= 0.3 is 0 Å². The van der Waals surface area contributed by atoms with E-state index < -0.39 is 0 Å². The van der Waals surface area contributed by atoms with Crippen LogP contribution in [0.3, 0.4) is 0 Å². The highest BCUT2D eigenvalue weighted by Gasteiger charge is 2.14. The summed E-state index contributed by atoms with van der Waals surface area (Å²) < 4.78 is 10.9. The fourth-order valence-corrected chi connectivity index (χ4v) is 1.16. The first-order valence-corrected chi connectivity index (χ1v) is 4.76. The van der Waals surface area contributed by atoms with E-state index in [1.807, 2.05) is 32.9 Å². The van der Waals surface area contributed by atoms with E-state index >= 15 is 0 Å². The topological polar surface area (TPSA) is 18.5 Å². The number of hydrogen-bond acceptors (Lipinski definition) is 2. The molecular weight excluding hydrogens is 164 g/mol. The van der Waals surface area contributed by atoms with Gasteiger partial charge in [0.05, 0.1) is 12.2 Å². The Morgan fingerprint density at radius 2 is 1.92 bits per heavy atom. The van der Waals surface area contributed by atoms with Crippen LogP contribution in [0.25, 0.3) is 0 Å². The molecule has 0 bridgehead atoms. The summed E-state index contributed by atoms with van der Waals surface area (Å²) in [5, 5.41) is 0. The van der Waals surface area contributed by atoms with Crippen LogP contribution in [0.2, 0.25) is 0 Å². The molecule has 13 heavy (non-hydrogen) atoms. The highest BCUT2D eigenvalue weighted by atomic mass is 16.5. The second-order valence-electron chi connectivity index (χ2n) is 3.31. The van der Waals surface area contributed by atoms with Gasteiger partial charge in [-0.2, -0.15) is 0 Å². The first kappa shape index (κ1) is 12.7. The molecule has 0 amide bonds. The number of methoxy groups -OCH3 is 1. The lowest BCUT2D eigenvalue weighted by atomic mass is 10.2. The lowest BCUT2D eigenvalue weighted by molar-refractivity contribution is -0.0520. The van der Waals surface area contributed by atoms with Crippen LogP contribution < -0.4 is 0 Å². The van der Waals surface area contributed by atoms with Gasteiger partial charge in [0, 0.05) is 7.11 Å². The van der Waals surface area contributed by atoms with Crippen molar-refractivity contribution in [2.75, 3.05) is 7.11 Å². The number of hydrogen-bond donors (Lipinski definition) is 0. The van der Waals surface area contributed by atoms with Crippen LogP contribution in [0.5, 0.6) is 0 Å². The molecule has 0 aliphatic heterocycles. The molecule has 0 fully saturated rings. The first-order chi connectivity index (χ1) is 6.11. The summed E-state index contributed by atoms with van der Waals surface area (Å²) in [4.78, 5) is 0. The van der Waals surface area contributed by atoms with Crippen LogP contribution in [0.4, 0.5) is 0 Å². The Morgan fingerprint density at radius 1 is 1.31 bits per heavy atom. The average molecular weight is 185 g/mol. The summed E-state index contributed by atoms with van der Waals surface area (Å²) in [6.45, 7) is 9.79.